The quantitative estimate of drug-likeness (QED) is 0.872. The van der Waals surface area contributed by atoms with E-state index in [4.69, 9.17) is 16.0 Å². The van der Waals surface area contributed by atoms with Gasteiger partial charge in [0.15, 0.2) is 5.76 Å². The van der Waals surface area contributed by atoms with Gasteiger partial charge in [-0.3, -0.25) is 9.59 Å². The normalized spacial score (nSPS) is 14.4. The standard InChI is InChI=1S/C19H22ClN3O3/c1-14-4-5-15(13-16(14)20)21-7-6-18(24)22-8-10-23(11-9-22)19(25)17-3-2-12-26-17/h2-5,12-13,21H,6-11H2,1H3. The average molecular weight is 376 g/mol. The van der Waals surface area contributed by atoms with Crippen molar-refractivity contribution in [1.29, 1.82) is 0 Å². The summed E-state index contributed by atoms with van der Waals surface area (Å²) in [4.78, 5) is 28.1. The van der Waals surface area contributed by atoms with Crippen LogP contribution in [0.4, 0.5) is 5.69 Å². The van der Waals surface area contributed by atoms with E-state index in [-0.39, 0.29) is 11.8 Å². The van der Waals surface area contributed by atoms with Crippen LogP contribution in [0.25, 0.3) is 0 Å². The van der Waals surface area contributed by atoms with E-state index in [2.05, 4.69) is 5.32 Å². The second-order valence-electron chi connectivity index (χ2n) is 6.29. The predicted octanol–water partition coefficient (Wildman–Crippen LogP) is 3.03. The summed E-state index contributed by atoms with van der Waals surface area (Å²) in [6, 6.07) is 9.11. The Bertz CT molecular complexity index is 768. The molecule has 7 heteroatoms. The number of hydrogen-bond acceptors (Lipinski definition) is 4. The summed E-state index contributed by atoms with van der Waals surface area (Å²) in [7, 11) is 0. The topological polar surface area (TPSA) is 65.8 Å². The van der Waals surface area contributed by atoms with Crippen molar-refractivity contribution < 1.29 is 14.0 Å². The highest BCUT2D eigenvalue weighted by Crippen LogP contribution is 2.20. The van der Waals surface area contributed by atoms with Gasteiger partial charge in [-0.2, -0.15) is 0 Å². The Balaban J connectivity index is 1.42. The molecule has 1 aliphatic heterocycles. The third-order valence-electron chi connectivity index (χ3n) is 4.49. The lowest BCUT2D eigenvalue weighted by molar-refractivity contribution is -0.132. The fourth-order valence-electron chi connectivity index (χ4n) is 2.89. The molecule has 1 aromatic heterocycles. The maximum absolute atomic E-state index is 12.4. The van der Waals surface area contributed by atoms with Crippen molar-refractivity contribution in [3.05, 3.63) is 52.9 Å². The monoisotopic (exact) mass is 375 g/mol. The molecular formula is C19H22ClN3O3. The van der Waals surface area contributed by atoms with E-state index < -0.39 is 0 Å². The highest BCUT2D eigenvalue weighted by atomic mass is 35.5. The number of hydrogen-bond donors (Lipinski definition) is 1. The summed E-state index contributed by atoms with van der Waals surface area (Å²) in [6.07, 6.45) is 1.89. The number of carbonyl (C=O) groups excluding carboxylic acids is 2. The Labute approximate surface area is 157 Å². The van der Waals surface area contributed by atoms with Gasteiger partial charge < -0.3 is 19.5 Å². The number of piperazine rings is 1. The largest absolute Gasteiger partial charge is 0.459 e. The molecule has 2 aromatic rings. The summed E-state index contributed by atoms with van der Waals surface area (Å²) in [6.45, 7) is 4.62. The molecule has 1 aromatic carbocycles. The maximum atomic E-state index is 12.4. The first kappa shape index (κ1) is 18.3. The van der Waals surface area contributed by atoms with Crippen LogP contribution in [0.15, 0.2) is 41.0 Å². The van der Waals surface area contributed by atoms with E-state index in [1.165, 1.54) is 6.26 Å². The molecule has 1 saturated heterocycles. The number of furan rings is 1. The number of carbonyl (C=O) groups is 2. The molecule has 0 saturated carbocycles. The molecule has 2 amide bonds. The number of rotatable bonds is 5. The summed E-state index contributed by atoms with van der Waals surface area (Å²) in [5, 5.41) is 3.93. The molecule has 0 atom stereocenters. The van der Waals surface area contributed by atoms with Gasteiger partial charge in [-0.15, -0.1) is 0 Å². The van der Waals surface area contributed by atoms with Crippen molar-refractivity contribution in [2.45, 2.75) is 13.3 Å². The zero-order valence-electron chi connectivity index (χ0n) is 14.7. The van der Waals surface area contributed by atoms with Crippen molar-refractivity contribution in [3.63, 3.8) is 0 Å². The molecule has 3 rings (SSSR count). The van der Waals surface area contributed by atoms with Crippen LogP contribution < -0.4 is 5.32 Å². The van der Waals surface area contributed by atoms with Crippen LogP contribution in [0.3, 0.4) is 0 Å². The van der Waals surface area contributed by atoms with Crippen LogP contribution in [0.2, 0.25) is 5.02 Å². The molecule has 6 nitrogen and oxygen atoms in total. The predicted molar refractivity (Wildman–Crippen MR) is 100 cm³/mol. The average Bonchev–Trinajstić information content (AvgIpc) is 3.19. The number of amides is 2. The number of benzene rings is 1. The van der Waals surface area contributed by atoms with Gasteiger partial charge in [-0.1, -0.05) is 17.7 Å². The zero-order chi connectivity index (χ0) is 18.5. The van der Waals surface area contributed by atoms with E-state index in [9.17, 15) is 9.59 Å². The Morgan fingerprint density at radius 3 is 2.54 bits per heavy atom. The molecule has 0 spiro atoms. The van der Waals surface area contributed by atoms with Crippen molar-refractivity contribution >= 4 is 29.1 Å². The first-order valence-corrected chi connectivity index (χ1v) is 9.03. The Kier molecular flexibility index (Phi) is 5.83. The molecule has 26 heavy (non-hydrogen) atoms. The van der Waals surface area contributed by atoms with E-state index >= 15 is 0 Å². The van der Waals surface area contributed by atoms with Gasteiger partial charge in [0, 0.05) is 49.9 Å². The molecule has 1 fully saturated rings. The summed E-state index contributed by atoms with van der Waals surface area (Å²) < 4.78 is 5.14. The van der Waals surface area contributed by atoms with Gasteiger partial charge in [0.25, 0.3) is 5.91 Å². The Morgan fingerprint density at radius 2 is 1.88 bits per heavy atom. The zero-order valence-corrected chi connectivity index (χ0v) is 15.5. The Hall–Kier alpha value is -2.47. The second-order valence-corrected chi connectivity index (χ2v) is 6.70. The minimum Gasteiger partial charge on any atom is -0.459 e. The van der Waals surface area contributed by atoms with E-state index in [1.54, 1.807) is 21.9 Å². The lowest BCUT2D eigenvalue weighted by Gasteiger charge is -2.34. The van der Waals surface area contributed by atoms with Gasteiger partial charge in [-0.25, -0.2) is 0 Å². The van der Waals surface area contributed by atoms with Gasteiger partial charge in [0.05, 0.1) is 6.26 Å². The van der Waals surface area contributed by atoms with Gasteiger partial charge in [-0.05, 0) is 36.8 Å². The highest BCUT2D eigenvalue weighted by molar-refractivity contribution is 6.31. The number of nitrogens with one attached hydrogen (secondary N) is 1. The molecule has 0 aliphatic carbocycles. The van der Waals surface area contributed by atoms with Crippen LogP contribution in [0.5, 0.6) is 0 Å². The Morgan fingerprint density at radius 1 is 1.15 bits per heavy atom. The van der Waals surface area contributed by atoms with E-state index in [1.807, 2.05) is 25.1 Å². The summed E-state index contributed by atoms with van der Waals surface area (Å²) >= 11 is 6.10. The molecule has 2 heterocycles. The molecule has 138 valence electrons. The third-order valence-corrected chi connectivity index (χ3v) is 4.90. The van der Waals surface area contributed by atoms with E-state index in [0.717, 1.165) is 11.3 Å². The van der Waals surface area contributed by atoms with Gasteiger partial charge in [0.1, 0.15) is 0 Å². The van der Waals surface area contributed by atoms with Crippen LogP contribution in [0.1, 0.15) is 22.5 Å². The number of nitrogens with zero attached hydrogens (tertiary/aromatic N) is 2. The second kappa shape index (κ2) is 8.27. The third kappa shape index (κ3) is 4.38. The lowest BCUT2D eigenvalue weighted by atomic mass is 10.2. The first-order chi connectivity index (χ1) is 12.5. The summed E-state index contributed by atoms with van der Waals surface area (Å²) in [5.74, 6) is 0.298. The molecule has 0 bridgehead atoms. The van der Waals surface area contributed by atoms with Crippen LogP contribution in [-0.2, 0) is 4.79 Å². The van der Waals surface area contributed by atoms with Crippen molar-refractivity contribution in [1.82, 2.24) is 9.80 Å². The van der Waals surface area contributed by atoms with Crippen LogP contribution >= 0.6 is 11.6 Å². The molecule has 1 N–H and O–H groups in total. The number of aryl methyl sites for hydroxylation is 1. The molecule has 0 radical (unpaired) electrons. The molecule has 0 unspecified atom stereocenters. The van der Waals surface area contributed by atoms with Crippen molar-refractivity contribution in [2.75, 3.05) is 38.0 Å². The van der Waals surface area contributed by atoms with Gasteiger partial charge in [0.2, 0.25) is 5.91 Å². The fraction of sp³-hybridized carbons (Fsp3) is 0.368. The first-order valence-electron chi connectivity index (χ1n) is 8.65. The van der Waals surface area contributed by atoms with E-state index in [0.29, 0.717) is 49.9 Å². The maximum Gasteiger partial charge on any atom is 0.289 e. The number of halogens is 1. The van der Waals surface area contributed by atoms with Crippen LogP contribution in [-0.4, -0.2) is 54.3 Å². The minimum absolute atomic E-state index is 0.0841. The number of anilines is 1. The molecule has 1 aliphatic rings. The fourth-order valence-corrected chi connectivity index (χ4v) is 3.07. The van der Waals surface area contributed by atoms with Gasteiger partial charge >= 0.3 is 0 Å². The summed E-state index contributed by atoms with van der Waals surface area (Å²) in [5.41, 5.74) is 1.93. The minimum atomic E-state index is -0.125. The highest BCUT2D eigenvalue weighted by Gasteiger charge is 2.25. The van der Waals surface area contributed by atoms with Crippen molar-refractivity contribution in [3.8, 4) is 0 Å². The van der Waals surface area contributed by atoms with Crippen molar-refractivity contribution in [2.24, 2.45) is 0 Å². The molecular weight excluding hydrogens is 354 g/mol. The smallest absolute Gasteiger partial charge is 0.289 e. The lowest BCUT2D eigenvalue weighted by Crippen LogP contribution is -2.50. The van der Waals surface area contributed by atoms with Crippen LogP contribution in [0, 0.1) is 6.92 Å². The SMILES string of the molecule is Cc1ccc(NCCC(=O)N2CCN(C(=O)c3ccco3)CC2)cc1Cl.